The lowest BCUT2D eigenvalue weighted by molar-refractivity contribution is -0.384. The Morgan fingerprint density at radius 1 is 0.824 bits per heavy atom. The molecule has 0 saturated heterocycles. The molecule has 0 aliphatic carbocycles. The minimum absolute atomic E-state index is 0.0165. The van der Waals surface area contributed by atoms with Crippen LogP contribution in [0, 0.1) is 10.1 Å². The first-order valence-electron chi connectivity index (χ1n) is 10.4. The Morgan fingerprint density at radius 3 is 2.24 bits per heavy atom. The van der Waals surface area contributed by atoms with Crippen LogP contribution < -0.4 is 5.43 Å². The maximum absolute atomic E-state index is 11.1. The second-order valence-corrected chi connectivity index (χ2v) is 7.56. The van der Waals surface area contributed by atoms with E-state index in [4.69, 9.17) is 5.10 Å². The maximum Gasteiger partial charge on any atom is 0.270 e. The standard InChI is InChI=1S/C24H16N8O2/c33-32(34)19-13-11-16(12-14-19)21-20-15-25-24-27-26-22(17-7-3-1-4-8-17)31(24)29-23(20)30(28-21)18-9-5-2-6-10-18/h1-15,29H. The van der Waals surface area contributed by atoms with Crippen LogP contribution >= 0.6 is 0 Å². The summed E-state index contributed by atoms with van der Waals surface area (Å²) in [5.74, 6) is 1.67. The van der Waals surface area contributed by atoms with Gasteiger partial charge in [-0.1, -0.05) is 48.5 Å². The van der Waals surface area contributed by atoms with E-state index >= 15 is 0 Å². The summed E-state index contributed by atoms with van der Waals surface area (Å²) in [6, 6.07) is 25.7. The highest BCUT2D eigenvalue weighted by atomic mass is 16.6. The molecule has 0 atom stereocenters. The van der Waals surface area contributed by atoms with Gasteiger partial charge in [-0.2, -0.15) is 9.77 Å². The van der Waals surface area contributed by atoms with Gasteiger partial charge in [0.25, 0.3) is 11.6 Å². The number of aromatic nitrogens is 5. The van der Waals surface area contributed by atoms with Gasteiger partial charge in [-0.25, -0.2) is 9.67 Å². The summed E-state index contributed by atoms with van der Waals surface area (Å²) < 4.78 is 3.50. The molecule has 0 amide bonds. The summed E-state index contributed by atoms with van der Waals surface area (Å²) in [4.78, 5) is 15.2. The molecular weight excluding hydrogens is 432 g/mol. The molecule has 3 heterocycles. The van der Waals surface area contributed by atoms with Crippen LogP contribution in [-0.2, 0) is 0 Å². The van der Waals surface area contributed by atoms with Gasteiger partial charge in [0, 0.05) is 29.5 Å². The molecule has 10 nitrogen and oxygen atoms in total. The molecule has 1 aliphatic heterocycles. The number of nitro benzene ring substituents is 1. The van der Waals surface area contributed by atoms with Gasteiger partial charge < -0.3 is 0 Å². The third-order valence-corrected chi connectivity index (χ3v) is 5.48. The monoisotopic (exact) mass is 448 g/mol. The lowest BCUT2D eigenvalue weighted by atomic mass is 10.1. The lowest BCUT2D eigenvalue weighted by Crippen LogP contribution is -2.14. The van der Waals surface area contributed by atoms with E-state index in [1.807, 2.05) is 60.7 Å². The van der Waals surface area contributed by atoms with Crippen molar-refractivity contribution in [2.45, 2.75) is 0 Å². The first-order valence-corrected chi connectivity index (χ1v) is 10.4. The molecule has 0 fully saturated rings. The highest BCUT2D eigenvalue weighted by Crippen LogP contribution is 2.34. The van der Waals surface area contributed by atoms with Crippen LogP contribution in [0.2, 0.25) is 0 Å². The van der Waals surface area contributed by atoms with E-state index in [1.54, 1.807) is 27.7 Å². The highest BCUT2D eigenvalue weighted by Gasteiger charge is 2.25. The average Bonchev–Trinajstić information content (AvgIpc) is 3.40. The van der Waals surface area contributed by atoms with Crippen LogP contribution in [0.1, 0.15) is 5.56 Å². The molecule has 6 rings (SSSR count). The van der Waals surface area contributed by atoms with Crippen molar-refractivity contribution in [1.82, 2.24) is 24.7 Å². The quantitative estimate of drug-likeness (QED) is 0.310. The number of para-hydroxylation sites is 1. The molecule has 0 bridgehead atoms. The van der Waals surface area contributed by atoms with Crippen molar-refractivity contribution in [2.75, 3.05) is 5.43 Å². The number of non-ortho nitro benzene ring substituents is 1. The van der Waals surface area contributed by atoms with E-state index < -0.39 is 4.92 Å². The second kappa shape index (κ2) is 7.78. The number of fused-ring (bicyclic) bond motifs is 2. The van der Waals surface area contributed by atoms with Crippen LogP contribution in [0.3, 0.4) is 0 Å². The molecule has 2 aromatic heterocycles. The molecule has 1 aliphatic rings. The zero-order valence-electron chi connectivity index (χ0n) is 17.6. The van der Waals surface area contributed by atoms with Gasteiger partial charge in [-0.3, -0.25) is 15.5 Å². The minimum atomic E-state index is -0.424. The molecular formula is C24H16N8O2. The van der Waals surface area contributed by atoms with Crippen molar-refractivity contribution in [3.8, 4) is 28.3 Å². The minimum Gasteiger partial charge on any atom is -0.272 e. The second-order valence-electron chi connectivity index (χ2n) is 7.56. The molecule has 3 aromatic carbocycles. The van der Waals surface area contributed by atoms with E-state index in [0.717, 1.165) is 22.4 Å². The average molecular weight is 448 g/mol. The fourth-order valence-corrected chi connectivity index (χ4v) is 3.84. The highest BCUT2D eigenvalue weighted by molar-refractivity contribution is 5.97. The van der Waals surface area contributed by atoms with Gasteiger partial charge >= 0.3 is 0 Å². The van der Waals surface area contributed by atoms with Crippen molar-refractivity contribution in [3.63, 3.8) is 0 Å². The van der Waals surface area contributed by atoms with E-state index in [0.29, 0.717) is 23.3 Å². The Labute approximate surface area is 193 Å². The van der Waals surface area contributed by atoms with E-state index in [2.05, 4.69) is 20.6 Å². The molecule has 34 heavy (non-hydrogen) atoms. The first-order chi connectivity index (χ1) is 16.7. The van der Waals surface area contributed by atoms with Crippen molar-refractivity contribution >= 4 is 23.7 Å². The van der Waals surface area contributed by atoms with Gasteiger partial charge in [0.1, 0.15) is 5.69 Å². The van der Waals surface area contributed by atoms with Crippen LogP contribution in [-0.4, -0.2) is 35.8 Å². The zero-order valence-corrected chi connectivity index (χ0v) is 17.6. The van der Waals surface area contributed by atoms with Gasteiger partial charge in [0.15, 0.2) is 11.6 Å². The van der Waals surface area contributed by atoms with Gasteiger partial charge in [0.2, 0.25) is 0 Å². The molecule has 0 spiro atoms. The summed E-state index contributed by atoms with van der Waals surface area (Å²) in [5.41, 5.74) is 7.22. The predicted molar refractivity (Wildman–Crippen MR) is 127 cm³/mol. The van der Waals surface area contributed by atoms with E-state index in [-0.39, 0.29) is 5.69 Å². The number of benzene rings is 3. The number of rotatable bonds is 4. The predicted octanol–water partition coefficient (Wildman–Crippen LogP) is 4.65. The number of aliphatic imine (C=N–C) groups is 1. The third-order valence-electron chi connectivity index (χ3n) is 5.48. The van der Waals surface area contributed by atoms with E-state index in [9.17, 15) is 10.1 Å². The maximum atomic E-state index is 11.1. The van der Waals surface area contributed by atoms with Gasteiger partial charge in [0.05, 0.1) is 16.2 Å². The van der Waals surface area contributed by atoms with Gasteiger partial charge in [-0.15, -0.1) is 10.2 Å². The number of nitro groups is 1. The topological polar surface area (TPSA) is 116 Å². The van der Waals surface area contributed by atoms with Crippen molar-refractivity contribution in [3.05, 3.63) is 101 Å². The van der Waals surface area contributed by atoms with Crippen LogP contribution in [0.25, 0.3) is 28.3 Å². The summed E-state index contributed by atoms with van der Waals surface area (Å²) in [6.45, 7) is 0. The SMILES string of the molecule is O=[N+]([O-])c1ccc(-c2nn(-c3ccccc3)c3c2C=Nc2nnc(-c4ccccc4)n2N3)cc1. The van der Waals surface area contributed by atoms with Crippen LogP contribution in [0.5, 0.6) is 0 Å². The normalized spacial score (nSPS) is 11.9. The number of nitrogens with one attached hydrogen (secondary N) is 1. The van der Waals surface area contributed by atoms with E-state index in [1.165, 1.54) is 12.1 Å². The summed E-state index contributed by atoms with van der Waals surface area (Å²) in [6.07, 6.45) is 1.69. The number of nitrogens with zero attached hydrogens (tertiary/aromatic N) is 7. The number of hydrogen-bond acceptors (Lipinski definition) is 7. The Balaban J connectivity index is 1.54. The Hall–Kier alpha value is -5.12. The Bertz CT molecular complexity index is 1540. The largest absolute Gasteiger partial charge is 0.272 e. The van der Waals surface area contributed by atoms with Crippen molar-refractivity contribution in [1.29, 1.82) is 0 Å². The van der Waals surface area contributed by atoms with Crippen LogP contribution in [0.15, 0.2) is 89.9 Å². The fraction of sp³-hybridized carbons (Fsp3) is 0. The molecule has 0 unspecified atom stereocenters. The van der Waals surface area contributed by atoms with Crippen molar-refractivity contribution in [2.24, 2.45) is 4.99 Å². The smallest absolute Gasteiger partial charge is 0.270 e. The summed E-state index contributed by atoms with van der Waals surface area (Å²) >= 11 is 0. The molecule has 0 radical (unpaired) electrons. The molecule has 164 valence electrons. The molecule has 0 saturated carbocycles. The Morgan fingerprint density at radius 2 is 1.53 bits per heavy atom. The fourth-order valence-electron chi connectivity index (χ4n) is 3.84. The number of anilines is 1. The zero-order chi connectivity index (χ0) is 23.1. The van der Waals surface area contributed by atoms with Gasteiger partial charge in [-0.05, 0) is 24.3 Å². The first kappa shape index (κ1) is 19.6. The van der Waals surface area contributed by atoms with Crippen LogP contribution in [0.4, 0.5) is 17.5 Å². The lowest BCUT2D eigenvalue weighted by Gasteiger charge is -2.12. The third kappa shape index (κ3) is 3.21. The van der Waals surface area contributed by atoms with Crippen molar-refractivity contribution < 1.29 is 4.92 Å². The summed E-state index contributed by atoms with van der Waals surface area (Å²) in [5, 5.41) is 24.5. The number of hydrogen-bond donors (Lipinski definition) is 1. The molecule has 5 aromatic rings. The molecule has 10 heteroatoms. The molecule has 1 N–H and O–H groups in total. The summed E-state index contributed by atoms with van der Waals surface area (Å²) in [7, 11) is 0. The Kier molecular flexibility index (Phi) is 4.48.